The minimum absolute atomic E-state index is 0.620. The summed E-state index contributed by atoms with van der Waals surface area (Å²) in [4.78, 5) is -2.32. The molecular formula is C9H5BrF6. The highest BCUT2D eigenvalue weighted by Crippen LogP contribution is 2.44. The summed E-state index contributed by atoms with van der Waals surface area (Å²) < 4.78 is 74.1. The third kappa shape index (κ3) is 2.90. The fraction of sp³-hybridized carbons (Fsp3) is 0.333. The molecule has 1 unspecified atom stereocenters. The van der Waals surface area contributed by atoms with Gasteiger partial charge in [0.2, 0.25) is 0 Å². The highest BCUT2D eigenvalue weighted by molar-refractivity contribution is 9.09. The molecule has 0 fully saturated rings. The first-order valence-electron chi connectivity index (χ1n) is 4.01. The molecule has 0 aliphatic rings. The van der Waals surface area contributed by atoms with E-state index >= 15 is 0 Å². The molecule has 0 aliphatic carbocycles. The van der Waals surface area contributed by atoms with Crippen molar-refractivity contribution in [1.29, 1.82) is 0 Å². The van der Waals surface area contributed by atoms with Crippen molar-refractivity contribution in [1.82, 2.24) is 0 Å². The average Bonchev–Trinajstić information content (AvgIpc) is 2.14. The largest absolute Gasteiger partial charge is 0.416 e. The van der Waals surface area contributed by atoms with Gasteiger partial charge in [-0.2, -0.15) is 26.3 Å². The van der Waals surface area contributed by atoms with Crippen molar-refractivity contribution in [2.24, 2.45) is 0 Å². The lowest BCUT2D eigenvalue weighted by Crippen LogP contribution is -2.19. The van der Waals surface area contributed by atoms with Crippen LogP contribution in [0.3, 0.4) is 0 Å². The highest BCUT2D eigenvalue weighted by atomic mass is 79.9. The van der Waals surface area contributed by atoms with E-state index in [1.54, 1.807) is 0 Å². The van der Waals surface area contributed by atoms with Crippen molar-refractivity contribution in [2.45, 2.75) is 17.2 Å². The van der Waals surface area contributed by atoms with Gasteiger partial charge in [0.25, 0.3) is 0 Å². The molecule has 90 valence electrons. The monoisotopic (exact) mass is 306 g/mol. The van der Waals surface area contributed by atoms with E-state index in [1.807, 2.05) is 0 Å². The van der Waals surface area contributed by atoms with Crippen LogP contribution in [0.4, 0.5) is 26.3 Å². The Labute approximate surface area is 95.4 Å². The number of rotatable bonds is 1. The first-order chi connectivity index (χ1) is 7.14. The molecular weight excluding hydrogens is 302 g/mol. The summed E-state index contributed by atoms with van der Waals surface area (Å²) in [6.45, 7) is 0. The van der Waals surface area contributed by atoms with Crippen molar-refractivity contribution in [3.63, 3.8) is 0 Å². The van der Waals surface area contributed by atoms with Crippen LogP contribution in [0.5, 0.6) is 0 Å². The first kappa shape index (κ1) is 13.3. The SMILES string of the molecule is FC(F)(F)c1ccccc1C(Br)C(F)(F)F. The number of hydrogen-bond acceptors (Lipinski definition) is 0. The molecule has 0 N–H and O–H groups in total. The van der Waals surface area contributed by atoms with E-state index in [0.717, 1.165) is 18.2 Å². The van der Waals surface area contributed by atoms with Gasteiger partial charge in [-0.3, -0.25) is 0 Å². The molecule has 0 aromatic heterocycles. The van der Waals surface area contributed by atoms with Gasteiger partial charge in [-0.1, -0.05) is 34.1 Å². The van der Waals surface area contributed by atoms with Crippen LogP contribution in [0, 0.1) is 0 Å². The molecule has 0 bridgehead atoms. The second-order valence-corrected chi connectivity index (χ2v) is 3.90. The van der Waals surface area contributed by atoms with Crippen molar-refractivity contribution in [3.8, 4) is 0 Å². The van der Waals surface area contributed by atoms with Gasteiger partial charge in [0.1, 0.15) is 4.83 Å². The van der Waals surface area contributed by atoms with Crippen LogP contribution in [0.2, 0.25) is 0 Å². The zero-order valence-corrected chi connectivity index (χ0v) is 9.12. The Hall–Kier alpha value is -0.720. The number of alkyl halides is 7. The Balaban J connectivity index is 3.25. The van der Waals surface area contributed by atoms with E-state index in [0.29, 0.717) is 6.07 Å². The molecule has 7 heteroatoms. The maximum Gasteiger partial charge on any atom is 0.416 e. The van der Waals surface area contributed by atoms with Crippen LogP contribution in [-0.2, 0) is 6.18 Å². The minimum Gasteiger partial charge on any atom is -0.169 e. The van der Waals surface area contributed by atoms with E-state index in [9.17, 15) is 26.3 Å². The number of halogens is 7. The second-order valence-electron chi connectivity index (χ2n) is 2.99. The van der Waals surface area contributed by atoms with Crippen LogP contribution in [0.15, 0.2) is 24.3 Å². The summed E-state index contributed by atoms with van der Waals surface area (Å²) >= 11 is 2.22. The first-order valence-corrected chi connectivity index (χ1v) is 4.92. The topological polar surface area (TPSA) is 0 Å². The van der Waals surface area contributed by atoms with Crippen LogP contribution in [0.25, 0.3) is 0 Å². The molecule has 1 rings (SSSR count). The van der Waals surface area contributed by atoms with Crippen LogP contribution in [-0.4, -0.2) is 6.18 Å². The zero-order chi connectivity index (χ0) is 12.6. The smallest absolute Gasteiger partial charge is 0.169 e. The van der Waals surface area contributed by atoms with Crippen LogP contribution in [0.1, 0.15) is 16.0 Å². The molecule has 0 heterocycles. The number of benzene rings is 1. The van der Waals surface area contributed by atoms with Gasteiger partial charge in [-0.25, -0.2) is 0 Å². The molecule has 0 radical (unpaired) electrons. The summed E-state index contributed by atoms with van der Waals surface area (Å²) in [6.07, 6.45) is -9.56. The lowest BCUT2D eigenvalue weighted by molar-refractivity contribution is -0.143. The standard InChI is InChI=1S/C9H5BrF6/c10-7(9(14,15)16)5-3-1-2-4-6(5)8(11,12)13/h1-4,7H. The fourth-order valence-corrected chi connectivity index (χ4v) is 1.55. The van der Waals surface area contributed by atoms with E-state index in [1.165, 1.54) is 0 Å². The summed E-state index contributed by atoms with van der Waals surface area (Å²) in [7, 11) is 0. The molecule has 0 aliphatic heterocycles. The van der Waals surface area contributed by atoms with E-state index in [4.69, 9.17) is 0 Å². The molecule has 0 spiro atoms. The molecule has 0 nitrogen and oxygen atoms in total. The predicted octanol–water partition coefficient (Wildman–Crippen LogP) is 4.70. The Morgan fingerprint density at radius 2 is 1.44 bits per heavy atom. The van der Waals surface area contributed by atoms with E-state index < -0.39 is 28.3 Å². The molecule has 1 aromatic carbocycles. The van der Waals surface area contributed by atoms with Crippen LogP contribution < -0.4 is 0 Å². The van der Waals surface area contributed by atoms with Gasteiger partial charge in [0.05, 0.1) is 5.56 Å². The molecule has 1 atom stereocenters. The van der Waals surface area contributed by atoms with Crippen molar-refractivity contribution in [2.75, 3.05) is 0 Å². The molecule has 0 saturated carbocycles. The number of hydrogen-bond donors (Lipinski definition) is 0. The normalized spacial score (nSPS) is 14.9. The quantitative estimate of drug-likeness (QED) is 0.521. The van der Waals surface area contributed by atoms with Gasteiger partial charge in [-0.05, 0) is 11.6 Å². The van der Waals surface area contributed by atoms with E-state index in [2.05, 4.69) is 15.9 Å². The Morgan fingerprint density at radius 1 is 0.938 bits per heavy atom. The highest BCUT2D eigenvalue weighted by Gasteiger charge is 2.44. The van der Waals surface area contributed by atoms with Gasteiger partial charge in [0, 0.05) is 0 Å². The van der Waals surface area contributed by atoms with Crippen LogP contribution >= 0.6 is 15.9 Å². The molecule has 0 saturated heterocycles. The van der Waals surface area contributed by atoms with E-state index in [-0.39, 0.29) is 0 Å². The maximum absolute atomic E-state index is 12.4. The lowest BCUT2D eigenvalue weighted by Gasteiger charge is -2.19. The van der Waals surface area contributed by atoms with Gasteiger partial charge < -0.3 is 0 Å². The summed E-state index contributed by atoms with van der Waals surface area (Å²) in [6, 6.07) is 3.60. The van der Waals surface area contributed by atoms with Gasteiger partial charge >= 0.3 is 12.4 Å². The molecule has 16 heavy (non-hydrogen) atoms. The van der Waals surface area contributed by atoms with Crippen molar-refractivity contribution < 1.29 is 26.3 Å². The maximum atomic E-state index is 12.4. The second kappa shape index (κ2) is 4.27. The fourth-order valence-electron chi connectivity index (χ4n) is 1.15. The van der Waals surface area contributed by atoms with Crippen molar-refractivity contribution >= 4 is 15.9 Å². The summed E-state index contributed by atoms with van der Waals surface area (Å²) in [5.41, 5.74) is -2.11. The minimum atomic E-state index is -4.80. The summed E-state index contributed by atoms with van der Waals surface area (Å²) in [5, 5.41) is 0. The predicted molar refractivity (Wildman–Crippen MR) is 49.2 cm³/mol. The third-order valence-corrected chi connectivity index (χ3v) is 2.84. The lowest BCUT2D eigenvalue weighted by atomic mass is 10.0. The average molecular weight is 307 g/mol. The molecule has 0 amide bonds. The Morgan fingerprint density at radius 3 is 1.88 bits per heavy atom. The van der Waals surface area contributed by atoms with Gasteiger partial charge in [0.15, 0.2) is 0 Å². The zero-order valence-electron chi connectivity index (χ0n) is 7.53. The third-order valence-electron chi connectivity index (χ3n) is 1.83. The van der Waals surface area contributed by atoms with Crippen molar-refractivity contribution in [3.05, 3.63) is 35.4 Å². The summed E-state index contributed by atoms with van der Waals surface area (Å²) in [5.74, 6) is 0. The Bertz CT molecular complexity index is 367. The van der Waals surface area contributed by atoms with Gasteiger partial charge in [-0.15, -0.1) is 0 Å². The Kier molecular flexibility index (Phi) is 3.56. The molecule has 1 aromatic rings.